The van der Waals surface area contributed by atoms with Gasteiger partial charge in [0.2, 0.25) is 0 Å². The highest BCUT2D eigenvalue weighted by atomic mass is 16.3. The zero-order chi connectivity index (χ0) is 18.9. The molecule has 0 bridgehead atoms. The molecule has 28 heavy (non-hydrogen) atoms. The van der Waals surface area contributed by atoms with Crippen LogP contribution in [0.1, 0.15) is 30.2 Å². The van der Waals surface area contributed by atoms with E-state index in [-0.39, 0.29) is 5.56 Å². The molecule has 5 heterocycles. The molecule has 0 spiro atoms. The molecule has 0 aliphatic carbocycles. The maximum Gasteiger partial charge on any atom is 0.272 e. The molecule has 142 valence electrons. The lowest BCUT2D eigenvalue weighted by atomic mass is 9.93. The van der Waals surface area contributed by atoms with Crippen molar-refractivity contribution >= 4 is 5.65 Å². The maximum absolute atomic E-state index is 12.6. The number of piperidine rings is 1. The number of aromatic nitrogens is 4. The van der Waals surface area contributed by atoms with Gasteiger partial charge < -0.3 is 4.42 Å². The van der Waals surface area contributed by atoms with Gasteiger partial charge in [-0.15, -0.1) is 0 Å². The van der Waals surface area contributed by atoms with E-state index in [9.17, 15) is 4.79 Å². The number of likely N-dealkylation sites (tertiary alicyclic amines) is 1. The summed E-state index contributed by atoms with van der Waals surface area (Å²) in [6, 6.07) is 11.3. The zero-order valence-electron chi connectivity index (χ0n) is 15.4. The number of hydrogen-bond acceptors (Lipinski definition) is 5. The molecule has 0 aromatic carbocycles. The Kier molecular flexibility index (Phi) is 4.29. The van der Waals surface area contributed by atoms with Gasteiger partial charge in [-0.1, -0.05) is 0 Å². The molecule has 0 unspecified atom stereocenters. The van der Waals surface area contributed by atoms with Gasteiger partial charge in [-0.25, -0.2) is 9.50 Å². The van der Waals surface area contributed by atoms with E-state index in [4.69, 9.17) is 9.40 Å². The smallest absolute Gasteiger partial charge is 0.272 e. The summed E-state index contributed by atoms with van der Waals surface area (Å²) in [4.78, 5) is 23.9. The fourth-order valence-electron chi connectivity index (χ4n) is 3.90. The molecule has 7 heteroatoms. The quantitative estimate of drug-likeness (QED) is 0.593. The first-order chi connectivity index (χ1) is 13.8. The van der Waals surface area contributed by atoms with Crippen LogP contribution in [-0.2, 0) is 6.54 Å². The summed E-state index contributed by atoms with van der Waals surface area (Å²) in [6.07, 6.45) is 7.19. The summed E-state index contributed by atoms with van der Waals surface area (Å²) < 4.78 is 6.94. The summed E-state index contributed by atoms with van der Waals surface area (Å²) in [6.45, 7) is 2.78. The minimum atomic E-state index is -0.0758. The van der Waals surface area contributed by atoms with E-state index in [0.29, 0.717) is 11.6 Å². The lowest BCUT2D eigenvalue weighted by molar-refractivity contribution is 0.189. The largest absolute Gasteiger partial charge is 0.468 e. The Hall–Kier alpha value is -3.19. The molecular formula is C21H21N5O2. The zero-order valence-corrected chi connectivity index (χ0v) is 15.4. The molecule has 0 atom stereocenters. The molecule has 0 saturated carbocycles. The minimum absolute atomic E-state index is 0.0758. The Labute approximate surface area is 161 Å². The van der Waals surface area contributed by atoms with E-state index in [1.807, 2.05) is 30.3 Å². The predicted molar refractivity (Wildman–Crippen MR) is 105 cm³/mol. The van der Waals surface area contributed by atoms with Crippen LogP contribution in [0.2, 0.25) is 0 Å². The highest BCUT2D eigenvalue weighted by Gasteiger charge is 2.23. The predicted octanol–water partition coefficient (Wildman–Crippen LogP) is 3.06. The topological polar surface area (TPSA) is 79.4 Å². The van der Waals surface area contributed by atoms with Gasteiger partial charge in [-0.05, 0) is 50.2 Å². The Balaban J connectivity index is 1.36. The lowest BCUT2D eigenvalue weighted by Crippen LogP contribution is -2.33. The number of fused-ring (bicyclic) bond motifs is 1. The van der Waals surface area contributed by atoms with Crippen LogP contribution in [0.3, 0.4) is 0 Å². The monoisotopic (exact) mass is 375 g/mol. The van der Waals surface area contributed by atoms with Crippen LogP contribution >= 0.6 is 0 Å². The molecule has 0 radical (unpaired) electrons. The van der Waals surface area contributed by atoms with E-state index in [2.05, 4.69) is 15.0 Å². The maximum atomic E-state index is 12.6. The fraction of sp³-hybridized carbons (Fsp3) is 0.286. The summed E-state index contributed by atoms with van der Waals surface area (Å²) in [5.41, 5.74) is 3.23. The van der Waals surface area contributed by atoms with E-state index < -0.39 is 0 Å². The second-order valence-corrected chi connectivity index (χ2v) is 7.25. The second kappa shape index (κ2) is 7.09. The Morgan fingerprint density at radius 2 is 2.07 bits per heavy atom. The van der Waals surface area contributed by atoms with Crippen molar-refractivity contribution in [2.45, 2.75) is 25.3 Å². The molecule has 1 fully saturated rings. The van der Waals surface area contributed by atoms with Gasteiger partial charge in [0.25, 0.3) is 5.56 Å². The summed E-state index contributed by atoms with van der Waals surface area (Å²) >= 11 is 0. The van der Waals surface area contributed by atoms with Gasteiger partial charge >= 0.3 is 0 Å². The van der Waals surface area contributed by atoms with Crippen LogP contribution in [-0.4, -0.2) is 37.6 Å². The molecule has 4 aromatic rings. The van der Waals surface area contributed by atoms with Gasteiger partial charge in [-0.2, -0.15) is 0 Å². The molecule has 5 rings (SSSR count). The van der Waals surface area contributed by atoms with Crippen LogP contribution < -0.4 is 5.56 Å². The third-order valence-corrected chi connectivity index (χ3v) is 5.41. The number of aromatic amines is 1. The highest BCUT2D eigenvalue weighted by molar-refractivity contribution is 5.63. The van der Waals surface area contributed by atoms with Gasteiger partial charge in [0.15, 0.2) is 5.65 Å². The first-order valence-corrected chi connectivity index (χ1v) is 9.54. The molecule has 4 aromatic heterocycles. The number of hydrogen-bond donors (Lipinski definition) is 1. The number of nitrogens with one attached hydrogen (secondary N) is 1. The number of rotatable bonds is 4. The van der Waals surface area contributed by atoms with E-state index in [0.717, 1.165) is 55.2 Å². The summed E-state index contributed by atoms with van der Waals surface area (Å²) in [5.74, 6) is 1.30. The van der Waals surface area contributed by atoms with Gasteiger partial charge in [0.05, 0.1) is 24.2 Å². The van der Waals surface area contributed by atoms with Crippen molar-refractivity contribution in [2.75, 3.05) is 13.1 Å². The Bertz CT molecular complexity index is 1120. The van der Waals surface area contributed by atoms with Crippen molar-refractivity contribution in [1.29, 1.82) is 0 Å². The van der Waals surface area contributed by atoms with Gasteiger partial charge in [-0.3, -0.25) is 19.8 Å². The fourth-order valence-corrected chi connectivity index (χ4v) is 3.90. The average molecular weight is 375 g/mol. The van der Waals surface area contributed by atoms with Crippen LogP contribution in [0, 0.1) is 0 Å². The first kappa shape index (κ1) is 16.9. The third-order valence-electron chi connectivity index (χ3n) is 5.41. The minimum Gasteiger partial charge on any atom is -0.468 e. The third kappa shape index (κ3) is 3.25. The summed E-state index contributed by atoms with van der Waals surface area (Å²) in [7, 11) is 0. The van der Waals surface area contributed by atoms with Gasteiger partial charge in [0, 0.05) is 36.0 Å². The summed E-state index contributed by atoms with van der Waals surface area (Å²) in [5, 5.41) is 3.13. The number of nitrogens with zero attached hydrogens (tertiary/aromatic N) is 4. The average Bonchev–Trinajstić information content (AvgIpc) is 3.39. The molecule has 7 nitrogen and oxygen atoms in total. The van der Waals surface area contributed by atoms with E-state index in [1.54, 1.807) is 24.7 Å². The van der Waals surface area contributed by atoms with Gasteiger partial charge in [0.1, 0.15) is 5.76 Å². The van der Waals surface area contributed by atoms with Crippen molar-refractivity contribution in [2.24, 2.45) is 0 Å². The van der Waals surface area contributed by atoms with Crippen molar-refractivity contribution < 1.29 is 4.42 Å². The highest BCUT2D eigenvalue weighted by Crippen LogP contribution is 2.27. The second-order valence-electron chi connectivity index (χ2n) is 7.25. The molecule has 1 saturated heterocycles. The molecule has 0 amide bonds. The molecule has 1 N–H and O–H groups in total. The first-order valence-electron chi connectivity index (χ1n) is 9.54. The number of furan rings is 1. The Morgan fingerprint density at radius 3 is 2.82 bits per heavy atom. The number of pyridine rings is 1. The van der Waals surface area contributed by atoms with Crippen LogP contribution in [0.25, 0.3) is 16.9 Å². The Morgan fingerprint density at radius 1 is 1.18 bits per heavy atom. The van der Waals surface area contributed by atoms with Crippen LogP contribution in [0.5, 0.6) is 0 Å². The molecule has 1 aliphatic heterocycles. The molecule has 1 aliphatic rings. The number of H-pyrrole nitrogens is 1. The van der Waals surface area contributed by atoms with Crippen LogP contribution in [0.4, 0.5) is 0 Å². The van der Waals surface area contributed by atoms with Crippen molar-refractivity contribution in [3.05, 3.63) is 76.9 Å². The molecular weight excluding hydrogens is 354 g/mol. The van der Waals surface area contributed by atoms with Crippen LogP contribution in [0.15, 0.2) is 64.3 Å². The van der Waals surface area contributed by atoms with E-state index >= 15 is 0 Å². The standard InChI is InChI=1S/C21H21N5O2/c27-21-12-18(15-5-8-25(9-6-15)14-17-4-2-10-28-17)23-20-11-19(24-26(20)21)16-3-1-7-22-13-16/h1-4,7,10-13,15,24H,5-6,8-9,14H2. The van der Waals surface area contributed by atoms with E-state index in [1.165, 1.54) is 4.52 Å². The van der Waals surface area contributed by atoms with Crippen molar-refractivity contribution in [1.82, 2.24) is 24.5 Å². The van der Waals surface area contributed by atoms with Crippen molar-refractivity contribution in [3.8, 4) is 11.3 Å². The van der Waals surface area contributed by atoms with Crippen molar-refractivity contribution in [3.63, 3.8) is 0 Å². The SMILES string of the molecule is O=c1cc(C2CCN(Cc3ccco3)CC2)nc2cc(-c3cccnc3)[nH]n12. The lowest BCUT2D eigenvalue weighted by Gasteiger charge is -2.30. The normalized spacial score (nSPS) is 16.0.